The van der Waals surface area contributed by atoms with Gasteiger partial charge in [0, 0.05) is 29.9 Å². The predicted molar refractivity (Wildman–Crippen MR) is 101 cm³/mol. The number of benzene rings is 2. The van der Waals surface area contributed by atoms with Crippen LogP contribution in [0.2, 0.25) is 0 Å². The number of ketones is 1. The highest BCUT2D eigenvalue weighted by molar-refractivity contribution is 6.04. The summed E-state index contributed by atoms with van der Waals surface area (Å²) in [4.78, 5) is 38.2. The number of rotatable bonds is 4. The fourth-order valence-corrected chi connectivity index (χ4v) is 3.28. The standard InChI is InChI=1S/C21H22N2O3/c1-13-7-8-19(14(2)9-13)23-12-17(11-20(23)25)21(26)22-18-6-4-5-16(10-18)15(3)24/h4-10,17H,11-12H2,1-3H3,(H,22,26). The summed E-state index contributed by atoms with van der Waals surface area (Å²) in [5.74, 6) is -0.719. The Hall–Kier alpha value is -2.95. The number of amides is 2. The topological polar surface area (TPSA) is 66.5 Å². The van der Waals surface area contributed by atoms with Crippen LogP contribution in [0.4, 0.5) is 11.4 Å². The fourth-order valence-electron chi connectivity index (χ4n) is 3.28. The van der Waals surface area contributed by atoms with Gasteiger partial charge in [-0.2, -0.15) is 0 Å². The SMILES string of the molecule is CC(=O)c1cccc(NC(=O)C2CC(=O)N(c3ccc(C)cc3C)C2)c1. The number of carbonyl (C=O) groups is 3. The number of hydrogen-bond donors (Lipinski definition) is 1. The molecule has 1 aliphatic rings. The lowest BCUT2D eigenvalue weighted by Crippen LogP contribution is -2.28. The van der Waals surface area contributed by atoms with Crippen LogP contribution in [0.3, 0.4) is 0 Å². The summed E-state index contributed by atoms with van der Waals surface area (Å²) < 4.78 is 0. The Balaban J connectivity index is 1.73. The molecule has 2 amide bonds. The first-order chi connectivity index (χ1) is 12.3. The highest BCUT2D eigenvalue weighted by Gasteiger charge is 2.35. The van der Waals surface area contributed by atoms with E-state index >= 15 is 0 Å². The van der Waals surface area contributed by atoms with E-state index in [1.54, 1.807) is 29.2 Å². The number of nitrogens with zero attached hydrogens (tertiary/aromatic N) is 1. The molecular weight excluding hydrogens is 328 g/mol. The molecule has 5 heteroatoms. The number of carbonyl (C=O) groups excluding carboxylic acids is 3. The van der Waals surface area contributed by atoms with Crippen molar-refractivity contribution in [3.8, 4) is 0 Å². The summed E-state index contributed by atoms with van der Waals surface area (Å²) in [6, 6.07) is 12.8. The molecule has 1 atom stereocenters. The highest BCUT2D eigenvalue weighted by atomic mass is 16.2. The van der Waals surface area contributed by atoms with E-state index in [1.165, 1.54) is 6.92 Å². The van der Waals surface area contributed by atoms with Gasteiger partial charge in [-0.3, -0.25) is 14.4 Å². The molecule has 1 N–H and O–H groups in total. The van der Waals surface area contributed by atoms with Gasteiger partial charge in [-0.05, 0) is 44.5 Å². The third-order valence-corrected chi connectivity index (χ3v) is 4.68. The van der Waals surface area contributed by atoms with Crippen LogP contribution in [0.5, 0.6) is 0 Å². The zero-order valence-electron chi connectivity index (χ0n) is 15.2. The lowest BCUT2D eigenvalue weighted by molar-refractivity contribution is -0.122. The van der Waals surface area contributed by atoms with Gasteiger partial charge in [-0.1, -0.05) is 29.8 Å². The van der Waals surface area contributed by atoms with Crippen LogP contribution in [0.15, 0.2) is 42.5 Å². The van der Waals surface area contributed by atoms with Crippen molar-refractivity contribution in [3.05, 3.63) is 59.2 Å². The van der Waals surface area contributed by atoms with Crippen molar-refractivity contribution in [3.63, 3.8) is 0 Å². The third-order valence-electron chi connectivity index (χ3n) is 4.68. The molecule has 1 aliphatic heterocycles. The molecule has 26 heavy (non-hydrogen) atoms. The molecule has 0 bridgehead atoms. The maximum Gasteiger partial charge on any atom is 0.229 e. The molecule has 1 saturated heterocycles. The fraction of sp³-hybridized carbons (Fsp3) is 0.286. The zero-order chi connectivity index (χ0) is 18.8. The van der Waals surface area contributed by atoms with Gasteiger partial charge in [0.2, 0.25) is 11.8 Å². The Morgan fingerprint density at radius 1 is 1.12 bits per heavy atom. The van der Waals surface area contributed by atoms with E-state index in [-0.39, 0.29) is 24.0 Å². The van der Waals surface area contributed by atoms with E-state index in [2.05, 4.69) is 5.32 Å². The van der Waals surface area contributed by atoms with Gasteiger partial charge in [-0.25, -0.2) is 0 Å². The van der Waals surface area contributed by atoms with Crippen LogP contribution >= 0.6 is 0 Å². The molecule has 2 aromatic carbocycles. The monoisotopic (exact) mass is 350 g/mol. The van der Waals surface area contributed by atoms with Gasteiger partial charge in [0.15, 0.2) is 5.78 Å². The van der Waals surface area contributed by atoms with Gasteiger partial charge in [0.05, 0.1) is 5.92 Å². The molecule has 0 spiro atoms. The van der Waals surface area contributed by atoms with Gasteiger partial charge < -0.3 is 10.2 Å². The van der Waals surface area contributed by atoms with Gasteiger partial charge in [-0.15, -0.1) is 0 Å². The molecular formula is C21H22N2O3. The molecule has 3 rings (SSSR count). The lowest BCUT2D eigenvalue weighted by Gasteiger charge is -2.19. The van der Waals surface area contributed by atoms with E-state index in [1.807, 2.05) is 32.0 Å². The zero-order valence-corrected chi connectivity index (χ0v) is 15.2. The first-order valence-corrected chi connectivity index (χ1v) is 8.64. The van der Waals surface area contributed by atoms with Crippen LogP contribution in [-0.2, 0) is 9.59 Å². The number of nitrogens with one attached hydrogen (secondary N) is 1. The molecule has 0 aromatic heterocycles. The van der Waals surface area contributed by atoms with Crippen molar-refractivity contribution in [2.75, 3.05) is 16.8 Å². The van der Waals surface area contributed by atoms with E-state index < -0.39 is 5.92 Å². The molecule has 5 nitrogen and oxygen atoms in total. The second kappa shape index (κ2) is 7.12. The second-order valence-electron chi connectivity index (χ2n) is 6.82. The number of anilines is 2. The van der Waals surface area contributed by atoms with Crippen molar-refractivity contribution in [2.24, 2.45) is 5.92 Å². The Labute approximate surface area is 153 Å². The van der Waals surface area contributed by atoms with Crippen LogP contribution in [-0.4, -0.2) is 24.1 Å². The first-order valence-electron chi connectivity index (χ1n) is 8.64. The third kappa shape index (κ3) is 3.67. The quantitative estimate of drug-likeness (QED) is 0.858. The average molecular weight is 350 g/mol. The average Bonchev–Trinajstić information content (AvgIpc) is 2.97. The molecule has 0 radical (unpaired) electrons. The molecule has 0 aliphatic carbocycles. The van der Waals surface area contributed by atoms with Crippen molar-refractivity contribution in [2.45, 2.75) is 27.2 Å². The molecule has 0 saturated carbocycles. The summed E-state index contributed by atoms with van der Waals surface area (Å²) in [7, 11) is 0. The smallest absolute Gasteiger partial charge is 0.229 e. The molecule has 1 fully saturated rings. The summed E-state index contributed by atoms with van der Waals surface area (Å²) in [5, 5.41) is 2.83. The van der Waals surface area contributed by atoms with Gasteiger partial charge in [0.25, 0.3) is 0 Å². The molecule has 1 heterocycles. The Morgan fingerprint density at radius 2 is 1.88 bits per heavy atom. The predicted octanol–water partition coefficient (Wildman–Crippen LogP) is 3.50. The summed E-state index contributed by atoms with van der Waals surface area (Å²) in [6.45, 7) is 5.82. The van der Waals surface area contributed by atoms with E-state index in [0.29, 0.717) is 17.8 Å². The number of Topliss-reactive ketones (excluding diaryl/α,β-unsaturated/α-hetero) is 1. The van der Waals surface area contributed by atoms with Crippen molar-refractivity contribution in [1.29, 1.82) is 0 Å². The molecule has 2 aromatic rings. The Kier molecular flexibility index (Phi) is 4.89. The number of aryl methyl sites for hydroxylation is 2. The minimum Gasteiger partial charge on any atom is -0.326 e. The summed E-state index contributed by atoms with van der Waals surface area (Å²) in [5.41, 5.74) is 4.13. The van der Waals surface area contributed by atoms with Gasteiger partial charge in [0.1, 0.15) is 0 Å². The molecule has 1 unspecified atom stereocenters. The normalized spacial score (nSPS) is 16.7. The summed E-state index contributed by atoms with van der Waals surface area (Å²) in [6.07, 6.45) is 0.186. The Morgan fingerprint density at radius 3 is 2.58 bits per heavy atom. The van der Waals surface area contributed by atoms with Crippen molar-refractivity contribution < 1.29 is 14.4 Å². The minimum absolute atomic E-state index is 0.0467. The lowest BCUT2D eigenvalue weighted by atomic mass is 10.1. The van der Waals surface area contributed by atoms with Crippen molar-refractivity contribution >= 4 is 29.0 Å². The van der Waals surface area contributed by atoms with Crippen LogP contribution in [0.25, 0.3) is 0 Å². The van der Waals surface area contributed by atoms with Crippen molar-refractivity contribution in [1.82, 2.24) is 0 Å². The maximum absolute atomic E-state index is 12.6. The largest absolute Gasteiger partial charge is 0.326 e. The summed E-state index contributed by atoms with van der Waals surface area (Å²) >= 11 is 0. The maximum atomic E-state index is 12.6. The Bertz CT molecular complexity index is 889. The second-order valence-corrected chi connectivity index (χ2v) is 6.82. The van der Waals surface area contributed by atoms with Gasteiger partial charge >= 0.3 is 0 Å². The van der Waals surface area contributed by atoms with E-state index in [9.17, 15) is 14.4 Å². The van der Waals surface area contributed by atoms with E-state index in [0.717, 1.165) is 16.8 Å². The highest BCUT2D eigenvalue weighted by Crippen LogP contribution is 2.29. The molecule has 134 valence electrons. The van der Waals surface area contributed by atoms with E-state index in [4.69, 9.17) is 0 Å². The minimum atomic E-state index is -0.413. The first kappa shape index (κ1) is 17.9. The van der Waals surface area contributed by atoms with Crippen LogP contribution in [0.1, 0.15) is 34.8 Å². The van der Waals surface area contributed by atoms with Crippen LogP contribution < -0.4 is 10.2 Å². The van der Waals surface area contributed by atoms with Crippen LogP contribution in [0, 0.1) is 19.8 Å². The number of hydrogen-bond acceptors (Lipinski definition) is 3.